The summed E-state index contributed by atoms with van der Waals surface area (Å²) >= 11 is 0. The van der Waals surface area contributed by atoms with E-state index in [2.05, 4.69) is 0 Å². The molecular weight excluding hydrogens is 175 g/mol. The second-order valence-corrected chi connectivity index (χ2v) is 4.99. The number of rotatable bonds is 6. The molecule has 0 aliphatic rings. The Morgan fingerprint density at radius 3 is 2.25 bits per heavy atom. The minimum atomic E-state index is -2.95. The predicted molar refractivity (Wildman–Crippen MR) is 50.6 cm³/mol. The largest absolute Gasteiger partial charge is 0.333 e. The Morgan fingerprint density at radius 2 is 1.92 bits per heavy atom. The Hall–Kier alpha value is 0.150. The Kier molecular flexibility index (Phi) is 4.89. The van der Waals surface area contributed by atoms with Crippen molar-refractivity contribution in [1.29, 1.82) is 0 Å². The fourth-order valence-electron chi connectivity index (χ4n) is 0.810. The summed E-state index contributed by atoms with van der Waals surface area (Å²) in [7, 11) is -2.95. The number of hydrogen-bond donors (Lipinski definition) is 0. The van der Waals surface area contributed by atoms with E-state index < -0.39 is 7.60 Å². The van der Waals surface area contributed by atoms with E-state index in [1.165, 1.54) is 0 Å². The lowest BCUT2D eigenvalue weighted by Gasteiger charge is -2.21. The van der Waals surface area contributed by atoms with Crippen LogP contribution in [0.3, 0.4) is 0 Å². The molecule has 0 saturated carbocycles. The first-order valence-electron chi connectivity index (χ1n) is 4.99. The van der Waals surface area contributed by atoms with Crippen LogP contribution in [0.25, 0.3) is 0 Å². The molecule has 0 aromatic heterocycles. The zero-order valence-corrected chi connectivity index (χ0v) is 8.97. The van der Waals surface area contributed by atoms with Crippen LogP contribution in [-0.4, -0.2) is 18.9 Å². The van der Waals surface area contributed by atoms with Gasteiger partial charge in [0.05, 0.1) is 18.9 Å². The van der Waals surface area contributed by atoms with E-state index in [1.807, 2.05) is 0 Å². The van der Waals surface area contributed by atoms with Gasteiger partial charge in [-0.1, -0.05) is 13.8 Å². The van der Waals surface area contributed by atoms with Gasteiger partial charge in [-0.05, 0) is 20.3 Å². The van der Waals surface area contributed by atoms with Crippen LogP contribution >= 0.6 is 7.60 Å². The molecule has 0 aromatic rings. The van der Waals surface area contributed by atoms with Gasteiger partial charge in [0.1, 0.15) is 0 Å². The van der Waals surface area contributed by atoms with Crippen LogP contribution in [0.4, 0.5) is 0 Å². The van der Waals surface area contributed by atoms with Crippen LogP contribution in [0, 0.1) is 0 Å². The molecule has 12 heavy (non-hydrogen) atoms. The van der Waals surface area contributed by atoms with Crippen molar-refractivity contribution < 1.29 is 15.0 Å². The SMILES string of the molecule is [2H]CCC(C)P(=O)(OCC)OCC. The third kappa shape index (κ3) is 3.26. The van der Waals surface area contributed by atoms with Crippen molar-refractivity contribution in [2.45, 2.75) is 39.8 Å². The first-order chi connectivity index (χ1) is 6.10. The van der Waals surface area contributed by atoms with Crippen LogP contribution < -0.4 is 0 Å². The highest BCUT2D eigenvalue weighted by molar-refractivity contribution is 7.54. The standard InChI is InChI=1S/C8H19O3P/c1-5-8(4)12(9,10-6-2)11-7-3/h8H,5-7H2,1-4H3/i1D. The van der Waals surface area contributed by atoms with Crippen molar-refractivity contribution in [2.24, 2.45) is 0 Å². The van der Waals surface area contributed by atoms with Gasteiger partial charge in [0.25, 0.3) is 0 Å². The summed E-state index contributed by atoms with van der Waals surface area (Å²) in [4.78, 5) is 0. The van der Waals surface area contributed by atoms with Crippen molar-refractivity contribution in [3.05, 3.63) is 0 Å². The molecular formula is C8H19O3P. The molecule has 0 bridgehead atoms. The molecule has 0 fully saturated rings. The lowest BCUT2D eigenvalue weighted by atomic mass is 10.4. The average molecular weight is 195 g/mol. The predicted octanol–water partition coefficient (Wildman–Crippen LogP) is 3.05. The molecule has 4 heteroatoms. The van der Waals surface area contributed by atoms with E-state index in [1.54, 1.807) is 20.8 Å². The quantitative estimate of drug-likeness (QED) is 0.611. The number of hydrogen-bond acceptors (Lipinski definition) is 3. The molecule has 1 unspecified atom stereocenters. The molecule has 0 rings (SSSR count). The molecule has 0 spiro atoms. The Balaban J connectivity index is 4.28. The van der Waals surface area contributed by atoms with Crippen molar-refractivity contribution in [3.8, 4) is 0 Å². The van der Waals surface area contributed by atoms with Gasteiger partial charge in [-0.25, -0.2) is 0 Å². The van der Waals surface area contributed by atoms with Gasteiger partial charge in [-0.2, -0.15) is 0 Å². The van der Waals surface area contributed by atoms with E-state index in [-0.39, 0.29) is 12.6 Å². The van der Waals surface area contributed by atoms with Gasteiger partial charge in [0.2, 0.25) is 0 Å². The maximum Gasteiger partial charge on any atom is 0.333 e. The van der Waals surface area contributed by atoms with Crippen LogP contribution in [0.5, 0.6) is 0 Å². The summed E-state index contributed by atoms with van der Waals surface area (Å²) in [6.45, 7) is 6.42. The molecule has 0 aliphatic heterocycles. The van der Waals surface area contributed by atoms with Gasteiger partial charge >= 0.3 is 7.60 Å². The van der Waals surface area contributed by atoms with E-state index in [0.29, 0.717) is 19.6 Å². The molecule has 0 saturated heterocycles. The van der Waals surface area contributed by atoms with E-state index >= 15 is 0 Å². The van der Waals surface area contributed by atoms with E-state index in [9.17, 15) is 4.57 Å². The fraction of sp³-hybridized carbons (Fsp3) is 1.00. The highest BCUT2D eigenvalue weighted by atomic mass is 31.2. The summed E-state index contributed by atoms with van der Waals surface area (Å²) in [5, 5.41) is 0. The second kappa shape index (κ2) is 5.74. The Morgan fingerprint density at radius 1 is 1.42 bits per heavy atom. The first kappa shape index (κ1) is 10.2. The second-order valence-electron chi connectivity index (χ2n) is 2.51. The van der Waals surface area contributed by atoms with Gasteiger partial charge in [-0.3, -0.25) is 4.57 Å². The van der Waals surface area contributed by atoms with Crippen LogP contribution in [-0.2, 0) is 13.6 Å². The van der Waals surface area contributed by atoms with Gasteiger partial charge < -0.3 is 9.05 Å². The van der Waals surface area contributed by atoms with Crippen molar-refractivity contribution in [2.75, 3.05) is 13.2 Å². The molecule has 0 radical (unpaired) electrons. The van der Waals surface area contributed by atoms with Crippen LogP contribution in [0.15, 0.2) is 0 Å². The monoisotopic (exact) mass is 195 g/mol. The molecule has 0 aliphatic carbocycles. The fourth-order valence-corrected chi connectivity index (χ4v) is 2.43. The van der Waals surface area contributed by atoms with Gasteiger partial charge in [0.15, 0.2) is 0 Å². The lowest BCUT2D eigenvalue weighted by Crippen LogP contribution is -2.08. The minimum absolute atomic E-state index is 0.176. The van der Waals surface area contributed by atoms with Gasteiger partial charge in [-0.15, -0.1) is 0 Å². The molecule has 0 N–H and O–H groups in total. The lowest BCUT2D eigenvalue weighted by molar-refractivity contribution is 0.212. The highest BCUT2D eigenvalue weighted by Crippen LogP contribution is 2.53. The molecule has 1 atom stereocenters. The minimum Gasteiger partial charge on any atom is -0.309 e. The third-order valence-corrected chi connectivity index (χ3v) is 4.15. The van der Waals surface area contributed by atoms with Crippen LogP contribution in [0.1, 0.15) is 35.5 Å². The normalized spacial score (nSPS) is 15.8. The zero-order valence-electron chi connectivity index (χ0n) is 9.08. The van der Waals surface area contributed by atoms with E-state index in [4.69, 9.17) is 10.4 Å². The summed E-state index contributed by atoms with van der Waals surface area (Å²) in [6.07, 6.45) is 0.553. The van der Waals surface area contributed by atoms with Crippen molar-refractivity contribution in [3.63, 3.8) is 0 Å². The summed E-state index contributed by atoms with van der Waals surface area (Å²) in [5.41, 5.74) is -0.176. The first-order valence-corrected chi connectivity index (χ1v) is 5.89. The Labute approximate surface area is 76.4 Å². The Bertz CT molecular complexity index is 165. The summed E-state index contributed by atoms with van der Waals surface area (Å²) in [5.74, 6) is 0. The molecule has 0 amide bonds. The van der Waals surface area contributed by atoms with Gasteiger partial charge in [0, 0.05) is 1.37 Å². The average Bonchev–Trinajstić information content (AvgIpc) is 2.05. The molecule has 0 aromatic carbocycles. The van der Waals surface area contributed by atoms with Crippen LogP contribution in [0.2, 0.25) is 0 Å². The highest BCUT2D eigenvalue weighted by Gasteiger charge is 2.29. The topological polar surface area (TPSA) is 35.5 Å². The van der Waals surface area contributed by atoms with Crippen molar-refractivity contribution >= 4 is 7.60 Å². The summed E-state index contributed by atoms with van der Waals surface area (Å²) < 4.78 is 29.3. The van der Waals surface area contributed by atoms with Crippen molar-refractivity contribution in [1.82, 2.24) is 0 Å². The maximum atomic E-state index is 12.0. The smallest absolute Gasteiger partial charge is 0.309 e. The van der Waals surface area contributed by atoms with E-state index in [0.717, 1.165) is 0 Å². The molecule has 3 nitrogen and oxygen atoms in total. The maximum absolute atomic E-state index is 12.0. The molecule has 0 heterocycles. The summed E-state index contributed by atoms with van der Waals surface area (Å²) in [6, 6.07) is 0. The third-order valence-electron chi connectivity index (χ3n) is 1.58. The molecule has 74 valence electrons. The zero-order chi connectivity index (χ0) is 10.3.